The molecule has 1 fully saturated rings. The van der Waals surface area contributed by atoms with E-state index in [1.165, 1.54) is 0 Å². The highest BCUT2D eigenvalue weighted by Gasteiger charge is 2.24. The molecule has 27 heavy (non-hydrogen) atoms. The molecule has 1 saturated heterocycles. The summed E-state index contributed by atoms with van der Waals surface area (Å²) in [7, 11) is 0. The van der Waals surface area contributed by atoms with Gasteiger partial charge in [-0.1, -0.05) is 5.16 Å². The Kier molecular flexibility index (Phi) is 5.08. The van der Waals surface area contributed by atoms with Crippen molar-refractivity contribution in [1.82, 2.24) is 35.5 Å². The highest BCUT2D eigenvalue weighted by molar-refractivity contribution is 5.74. The molecule has 0 radical (unpaired) electrons. The summed E-state index contributed by atoms with van der Waals surface area (Å²) >= 11 is 0. The van der Waals surface area contributed by atoms with Crippen molar-refractivity contribution >= 4 is 6.03 Å². The van der Waals surface area contributed by atoms with Crippen LogP contribution in [0.1, 0.15) is 30.3 Å². The maximum Gasteiger partial charge on any atom is 0.317 e. The maximum atomic E-state index is 12.3. The number of urea groups is 1. The number of carbonyl (C=O) groups excluding carboxylic acids is 1. The van der Waals surface area contributed by atoms with E-state index in [1.54, 1.807) is 18.6 Å². The SMILES string of the molecule is O=C(NCCc1nc(-c2cccnc2)no1)N1CCC(c2ccn[nH]2)CC1. The molecule has 0 aliphatic carbocycles. The zero-order valence-electron chi connectivity index (χ0n) is 14.8. The van der Waals surface area contributed by atoms with E-state index in [2.05, 4.69) is 30.6 Å². The summed E-state index contributed by atoms with van der Waals surface area (Å²) in [4.78, 5) is 22.6. The molecule has 1 aliphatic heterocycles. The van der Waals surface area contributed by atoms with Crippen molar-refractivity contribution in [2.75, 3.05) is 19.6 Å². The third kappa shape index (κ3) is 4.13. The van der Waals surface area contributed by atoms with Crippen LogP contribution in [-0.2, 0) is 6.42 Å². The van der Waals surface area contributed by atoms with Gasteiger partial charge in [-0.15, -0.1) is 0 Å². The van der Waals surface area contributed by atoms with Crippen LogP contribution in [0.15, 0.2) is 41.3 Å². The van der Waals surface area contributed by atoms with Gasteiger partial charge >= 0.3 is 6.03 Å². The Labute approximate surface area is 156 Å². The van der Waals surface area contributed by atoms with Gasteiger partial charge in [-0.3, -0.25) is 10.1 Å². The summed E-state index contributed by atoms with van der Waals surface area (Å²) < 4.78 is 5.24. The van der Waals surface area contributed by atoms with Gasteiger partial charge in [0.15, 0.2) is 0 Å². The Morgan fingerprint density at radius 2 is 2.19 bits per heavy atom. The minimum atomic E-state index is -0.0509. The predicted molar refractivity (Wildman–Crippen MR) is 96.8 cm³/mol. The molecule has 140 valence electrons. The van der Waals surface area contributed by atoms with E-state index in [1.807, 2.05) is 23.1 Å². The average molecular weight is 367 g/mol. The molecule has 0 bridgehead atoms. The van der Waals surface area contributed by atoms with Crippen molar-refractivity contribution in [3.8, 4) is 11.4 Å². The van der Waals surface area contributed by atoms with E-state index in [0.717, 1.165) is 37.2 Å². The minimum Gasteiger partial charge on any atom is -0.339 e. The first-order valence-corrected chi connectivity index (χ1v) is 9.04. The van der Waals surface area contributed by atoms with Gasteiger partial charge < -0.3 is 14.7 Å². The second kappa shape index (κ2) is 7.98. The van der Waals surface area contributed by atoms with Crippen LogP contribution < -0.4 is 5.32 Å². The van der Waals surface area contributed by atoms with E-state index < -0.39 is 0 Å². The zero-order chi connectivity index (χ0) is 18.5. The molecule has 3 aromatic rings. The predicted octanol–water partition coefficient (Wildman–Crippen LogP) is 1.99. The molecule has 0 aromatic carbocycles. The number of piperidine rings is 1. The Morgan fingerprint density at radius 3 is 2.93 bits per heavy atom. The Morgan fingerprint density at radius 1 is 1.30 bits per heavy atom. The van der Waals surface area contributed by atoms with Crippen LogP contribution in [0.4, 0.5) is 4.79 Å². The Balaban J connectivity index is 1.22. The molecule has 2 amide bonds. The summed E-state index contributed by atoms with van der Waals surface area (Å²) in [5, 5.41) is 13.9. The van der Waals surface area contributed by atoms with Gasteiger partial charge in [0.05, 0.1) is 0 Å². The van der Waals surface area contributed by atoms with Crippen molar-refractivity contribution in [2.24, 2.45) is 0 Å². The fourth-order valence-corrected chi connectivity index (χ4v) is 3.24. The van der Waals surface area contributed by atoms with Crippen LogP contribution >= 0.6 is 0 Å². The van der Waals surface area contributed by atoms with Gasteiger partial charge in [0, 0.05) is 61.8 Å². The van der Waals surface area contributed by atoms with Gasteiger partial charge in [0.25, 0.3) is 0 Å². The summed E-state index contributed by atoms with van der Waals surface area (Å²) in [5.41, 5.74) is 1.95. The minimum absolute atomic E-state index is 0.0509. The van der Waals surface area contributed by atoms with Crippen LogP contribution in [-0.4, -0.2) is 55.9 Å². The number of amides is 2. The third-order valence-electron chi connectivity index (χ3n) is 4.75. The Hall–Kier alpha value is -3.23. The standard InChI is InChI=1S/C18H21N7O2/c26-18(25-10-5-13(6-11-25)15-3-9-21-23-15)20-8-4-16-22-17(24-27-16)14-2-1-7-19-12-14/h1-3,7,9,12-13H,4-6,8,10-11H2,(H,20,26)(H,21,23). The summed E-state index contributed by atoms with van der Waals surface area (Å²) in [6.45, 7) is 1.93. The first-order valence-electron chi connectivity index (χ1n) is 9.04. The number of likely N-dealkylation sites (tertiary alicyclic amines) is 1. The molecule has 1 aliphatic rings. The molecule has 0 unspecified atom stereocenters. The van der Waals surface area contributed by atoms with Crippen LogP contribution in [0.5, 0.6) is 0 Å². The van der Waals surface area contributed by atoms with Crippen molar-refractivity contribution < 1.29 is 9.32 Å². The number of pyridine rings is 1. The molecule has 4 heterocycles. The van der Waals surface area contributed by atoms with E-state index in [0.29, 0.717) is 30.6 Å². The lowest BCUT2D eigenvalue weighted by atomic mass is 9.94. The molecule has 0 atom stereocenters. The van der Waals surface area contributed by atoms with Gasteiger partial charge in [-0.25, -0.2) is 4.79 Å². The topological polar surface area (TPSA) is 113 Å². The zero-order valence-corrected chi connectivity index (χ0v) is 14.8. The van der Waals surface area contributed by atoms with Crippen molar-refractivity contribution in [3.63, 3.8) is 0 Å². The number of nitrogens with zero attached hydrogens (tertiary/aromatic N) is 5. The highest BCUT2D eigenvalue weighted by atomic mass is 16.5. The number of rotatable bonds is 5. The number of hydrogen-bond acceptors (Lipinski definition) is 6. The number of nitrogens with one attached hydrogen (secondary N) is 2. The lowest BCUT2D eigenvalue weighted by molar-refractivity contribution is 0.181. The largest absolute Gasteiger partial charge is 0.339 e. The van der Waals surface area contributed by atoms with E-state index in [9.17, 15) is 4.79 Å². The average Bonchev–Trinajstić information content (AvgIpc) is 3.41. The normalized spacial score (nSPS) is 15.0. The van der Waals surface area contributed by atoms with Crippen molar-refractivity contribution in [2.45, 2.75) is 25.2 Å². The summed E-state index contributed by atoms with van der Waals surface area (Å²) in [6, 6.07) is 5.65. The highest BCUT2D eigenvalue weighted by Crippen LogP contribution is 2.26. The van der Waals surface area contributed by atoms with Gasteiger partial charge in [0.1, 0.15) is 0 Å². The summed E-state index contributed by atoms with van der Waals surface area (Å²) in [6.07, 6.45) is 7.51. The smallest absolute Gasteiger partial charge is 0.317 e. The summed E-state index contributed by atoms with van der Waals surface area (Å²) in [5.74, 6) is 1.44. The van der Waals surface area contributed by atoms with Crippen molar-refractivity contribution in [1.29, 1.82) is 0 Å². The molecule has 9 nitrogen and oxygen atoms in total. The maximum absolute atomic E-state index is 12.3. The van der Waals surface area contributed by atoms with E-state index in [-0.39, 0.29) is 6.03 Å². The van der Waals surface area contributed by atoms with E-state index >= 15 is 0 Å². The molecule has 4 rings (SSSR count). The van der Waals surface area contributed by atoms with Crippen LogP contribution in [0.25, 0.3) is 11.4 Å². The quantitative estimate of drug-likeness (QED) is 0.713. The van der Waals surface area contributed by atoms with Gasteiger partial charge in [0.2, 0.25) is 11.7 Å². The van der Waals surface area contributed by atoms with Crippen molar-refractivity contribution in [3.05, 3.63) is 48.4 Å². The molecular weight excluding hydrogens is 346 g/mol. The lowest BCUT2D eigenvalue weighted by Gasteiger charge is -2.31. The molecule has 0 saturated carbocycles. The number of aromatic amines is 1. The Bertz CT molecular complexity index is 855. The molecule has 3 aromatic heterocycles. The van der Waals surface area contributed by atoms with Gasteiger partial charge in [-0.2, -0.15) is 10.1 Å². The fraction of sp³-hybridized carbons (Fsp3) is 0.389. The number of aromatic nitrogens is 5. The van der Waals surface area contributed by atoms with E-state index in [4.69, 9.17) is 4.52 Å². The number of carbonyl (C=O) groups is 1. The molecule has 0 spiro atoms. The van der Waals surface area contributed by atoms with Gasteiger partial charge in [-0.05, 0) is 31.0 Å². The van der Waals surface area contributed by atoms with Crippen LogP contribution in [0.2, 0.25) is 0 Å². The second-order valence-corrected chi connectivity index (χ2v) is 6.51. The lowest BCUT2D eigenvalue weighted by Crippen LogP contribution is -2.44. The second-order valence-electron chi connectivity index (χ2n) is 6.51. The van der Waals surface area contributed by atoms with Crippen LogP contribution in [0, 0.1) is 0 Å². The first-order chi connectivity index (χ1) is 13.3. The third-order valence-corrected chi connectivity index (χ3v) is 4.75. The number of hydrogen-bond donors (Lipinski definition) is 2. The van der Waals surface area contributed by atoms with Crippen LogP contribution in [0.3, 0.4) is 0 Å². The molecular formula is C18H21N7O2. The first kappa shape index (κ1) is 17.2. The monoisotopic (exact) mass is 367 g/mol. The molecule has 9 heteroatoms. The molecule has 2 N–H and O–H groups in total. The number of H-pyrrole nitrogens is 1. The fourth-order valence-electron chi connectivity index (χ4n) is 3.24.